The van der Waals surface area contributed by atoms with Crippen LogP contribution < -0.4 is 0 Å². The van der Waals surface area contributed by atoms with Gasteiger partial charge in [0.1, 0.15) is 0 Å². The zero-order chi connectivity index (χ0) is 23.3. The maximum atomic E-state index is 11.0. The van der Waals surface area contributed by atoms with Gasteiger partial charge in [0.2, 0.25) is 0 Å². The minimum absolute atomic E-state index is 0.281. The topological polar surface area (TPSA) is 67.2 Å². The van der Waals surface area contributed by atoms with Crippen molar-refractivity contribution in [2.45, 2.75) is 0 Å². The first kappa shape index (κ1) is 26.5. The van der Waals surface area contributed by atoms with Gasteiger partial charge >= 0.3 is 11.9 Å². The predicted molar refractivity (Wildman–Crippen MR) is 127 cm³/mol. The number of hydrogen-bond donors (Lipinski definition) is 0. The van der Waals surface area contributed by atoms with E-state index in [1.807, 2.05) is 66.7 Å². The van der Waals surface area contributed by atoms with Crippen LogP contribution in [-0.2, 0) is 14.3 Å². The summed E-state index contributed by atoms with van der Waals surface area (Å²) in [5, 5.41) is 7.51. The third kappa shape index (κ3) is 13.3. The predicted octanol–water partition coefficient (Wildman–Crippen LogP) is 6.09. The van der Waals surface area contributed by atoms with E-state index in [2.05, 4.69) is 31.1 Å². The molecule has 31 heavy (non-hydrogen) atoms. The number of esters is 2. The SMILES string of the molecule is C=CC#N.C=CC=C.C=Cc1ccccc1.O=C1C=C(C=Cc2ccccc2)C(=O)O1. The van der Waals surface area contributed by atoms with E-state index >= 15 is 0 Å². The highest BCUT2D eigenvalue weighted by Crippen LogP contribution is 2.11. The van der Waals surface area contributed by atoms with Crippen molar-refractivity contribution in [2.75, 3.05) is 0 Å². The average molecular weight is 412 g/mol. The Labute approximate surface area is 184 Å². The third-order valence-corrected chi connectivity index (χ3v) is 3.25. The standard InChI is InChI=1S/C12H8O3.C8H8.C4H6.C3H3N/c13-11-8-10(12(14)15-11)7-6-9-4-2-1-3-5-9;1-2-8-6-4-3-5-7-8;1-3-4-2;1-2-3-4/h1-8H;2-7H,1H2;3-4H,1-2H2;2H,1H2. The number of carbonyl (C=O) groups excluding carboxylic acids is 2. The van der Waals surface area contributed by atoms with Gasteiger partial charge in [-0.25, -0.2) is 9.59 Å². The second-order valence-electron chi connectivity index (χ2n) is 5.47. The van der Waals surface area contributed by atoms with Crippen LogP contribution in [0.25, 0.3) is 12.2 Å². The maximum absolute atomic E-state index is 11.0. The first-order valence-electron chi connectivity index (χ1n) is 9.14. The number of nitriles is 1. The fraction of sp³-hybridized carbons (Fsp3) is 0. The number of hydrogen-bond acceptors (Lipinski definition) is 4. The Morgan fingerprint density at radius 2 is 1.26 bits per heavy atom. The second kappa shape index (κ2) is 17.6. The summed E-state index contributed by atoms with van der Waals surface area (Å²) in [6.45, 7) is 13.5. The van der Waals surface area contributed by atoms with Crippen LogP contribution in [0.15, 0.2) is 123 Å². The molecule has 0 fully saturated rings. The molecule has 0 saturated carbocycles. The van der Waals surface area contributed by atoms with Gasteiger partial charge in [-0.3, -0.25) is 0 Å². The van der Waals surface area contributed by atoms with Crippen molar-refractivity contribution in [3.8, 4) is 6.07 Å². The monoisotopic (exact) mass is 411 g/mol. The molecule has 0 aromatic heterocycles. The fourth-order valence-corrected chi connectivity index (χ4v) is 1.82. The Kier molecular flexibility index (Phi) is 15.0. The molecule has 156 valence electrons. The number of allylic oxidation sites excluding steroid dienone is 3. The lowest BCUT2D eigenvalue weighted by Gasteiger charge is -1.91. The molecule has 1 aliphatic heterocycles. The highest BCUT2D eigenvalue weighted by atomic mass is 16.6. The van der Waals surface area contributed by atoms with E-state index in [1.165, 1.54) is 17.7 Å². The van der Waals surface area contributed by atoms with Crippen molar-refractivity contribution in [2.24, 2.45) is 0 Å². The molecule has 0 unspecified atom stereocenters. The van der Waals surface area contributed by atoms with Gasteiger partial charge in [0, 0.05) is 12.2 Å². The fourth-order valence-electron chi connectivity index (χ4n) is 1.82. The van der Waals surface area contributed by atoms with Crippen LogP contribution in [0.3, 0.4) is 0 Å². The number of carbonyl (C=O) groups is 2. The Hall–Kier alpha value is -4.49. The molecule has 3 rings (SSSR count). The summed E-state index contributed by atoms with van der Waals surface area (Å²) in [5.74, 6) is -1.19. The minimum atomic E-state index is -0.604. The lowest BCUT2D eigenvalue weighted by Crippen LogP contribution is -2.00. The molecule has 1 heterocycles. The number of rotatable bonds is 4. The highest BCUT2D eigenvalue weighted by molar-refractivity contribution is 6.11. The third-order valence-electron chi connectivity index (χ3n) is 3.25. The zero-order valence-electron chi connectivity index (χ0n) is 17.3. The first-order valence-corrected chi connectivity index (χ1v) is 9.14. The van der Waals surface area contributed by atoms with Crippen molar-refractivity contribution >= 4 is 24.1 Å². The summed E-state index contributed by atoms with van der Waals surface area (Å²) in [6, 6.07) is 21.2. The van der Waals surface area contributed by atoms with Gasteiger partial charge in [0.25, 0.3) is 0 Å². The lowest BCUT2D eigenvalue weighted by atomic mass is 10.1. The highest BCUT2D eigenvalue weighted by Gasteiger charge is 2.20. The van der Waals surface area contributed by atoms with Crippen LogP contribution in [0.1, 0.15) is 11.1 Å². The number of nitrogens with zero attached hydrogens (tertiary/aromatic N) is 1. The van der Waals surface area contributed by atoms with Crippen LogP contribution in [0.2, 0.25) is 0 Å². The summed E-state index contributed by atoms with van der Waals surface area (Å²) in [5.41, 5.74) is 2.42. The van der Waals surface area contributed by atoms with Crippen LogP contribution in [0.4, 0.5) is 0 Å². The van der Waals surface area contributed by atoms with Crippen LogP contribution in [0.5, 0.6) is 0 Å². The van der Waals surface area contributed by atoms with Gasteiger partial charge < -0.3 is 4.74 Å². The molecule has 0 N–H and O–H groups in total. The van der Waals surface area contributed by atoms with Crippen molar-refractivity contribution in [3.05, 3.63) is 134 Å². The molecule has 0 radical (unpaired) electrons. The van der Waals surface area contributed by atoms with Crippen LogP contribution in [-0.4, -0.2) is 11.9 Å². The molecule has 0 atom stereocenters. The average Bonchev–Trinajstić information content (AvgIpc) is 3.16. The quantitative estimate of drug-likeness (QED) is 0.264. The van der Waals surface area contributed by atoms with E-state index in [4.69, 9.17) is 5.26 Å². The molecule has 1 aliphatic rings. The van der Waals surface area contributed by atoms with Gasteiger partial charge in [-0.2, -0.15) is 5.26 Å². The van der Waals surface area contributed by atoms with Gasteiger partial charge in [-0.15, -0.1) is 0 Å². The minimum Gasteiger partial charge on any atom is -0.386 e. The van der Waals surface area contributed by atoms with Gasteiger partial charge in [-0.05, 0) is 17.2 Å². The van der Waals surface area contributed by atoms with E-state index in [1.54, 1.807) is 30.4 Å². The zero-order valence-corrected chi connectivity index (χ0v) is 17.3. The van der Waals surface area contributed by atoms with E-state index in [0.29, 0.717) is 0 Å². The van der Waals surface area contributed by atoms with Crippen molar-refractivity contribution in [1.29, 1.82) is 5.26 Å². The van der Waals surface area contributed by atoms with Crippen molar-refractivity contribution in [3.63, 3.8) is 0 Å². The normalized spacial score (nSPS) is 10.9. The molecular weight excluding hydrogens is 386 g/mol. The Balaban J connectivity index is 0.000000471. The van der Waals surface area contributed by atoms with E-state index in [0.717, 1.165) is 5.56 Å². The molecular formula is C27H25NO3. The largest absolute Gasteiger partial charge is 0.386 e. The molecule has 0 saturated heterocycles. The summed E-state index contributed by atoms with van der Waals surface area (Å²) in [4.78, 5) is 21.8. The number of benzene rings is 2. The molecule has 4 nitrogen and oxygen atoms in total. The Morgan fingerprint density at radius 1 is 0.774 bits per heavy atom. The second-order valence-corrected chi connectivity index (χ2v) is 5.47. The molecule has 2 aromatic carbocycles. The molecule has 4 heteroatoms. The molecule has 0 amide bonds. The lowest BCUT2D eigenvalue weighted by molar-refractivity contribution is -0.150. The molecule has 2 aromatic rings. The summed E-state index contributed by atoms with van der Waals surface area (Å²) in [7, 11) is 0. The van der Waals surface area contributed by atoms with Crippen molar-refractivity contribution < 1.29 is 14.3 Å². The number of ether oxygens (including phenoxy) is 1. The van der Waals surface area contributed by atoms with Crippen LogP contribution in [0, 0.1) is 11.3 Å². The van der Waals surface area contributed by atoms with Crippen molar-refractivity contribution in [1.82, 2.24) is 0 Å². The van der Waals surface area contributed by atoms with Crippen LogP contribution >= 0.6 is 0 Å². The molecule has 0 spiro atoms. The van der Waals surface area contributed by atoms with E-state index in [9.17, 15) is 9.59 Å². The van der Waals surface area contributed by atoms with E-state index < -0.39 is 11.9 Å². The Morgan fingerprint density at radius 3 is 1.58 bits per heavy atom. The summed E-state index contributed by atoms with van der Waals surface area (Å²) >= 11 is 0. The maximum Gasteiger partial charge on any atom is 0.346 e. The molecule has 0 bridgehead atoms. The van der Waals surface area contributed by atoms with Gasteiger partial charge in [-0.1, -0.05) is 111 Å². The number of cyclic esters (lactones) is 2. The Bertz CT molecular complexity index is 957. The van der Waals surface area contributed by atoms with Gasteiger partial charge in [0.15, 0.2) is 0 Å². The summed E-state index contributed by atoms with van der Waals surface area (Å²) < 4.78 is 4.34. The first-order chi connectivity index (χ1) is 15.0. The molecule has 0 aliphatic carbocycles. The summed E-state index contributed by atoms with van der Waals surface area (Å²) in [6.07, 6.45) is 10.8. The van der Waals surface area contributed by atoms with Gasteiger partial charge in [0.05, 0.1) is 11.6 Å². The smallest absolute Gasteiger partial charge is 0.346 e. The van der Waals surface area contributed by atoms with E-state index in [-0.39, 0.29) is 5.57 Å².